The van der Waals surface area contributed by atoms with Gasteiger partial charge in [-0.05, 0) is 193 Å². The maximum absolute atomic E-state index is 9.71. The largest absolute Gasteiger partial charge is 0.508 e. The SMILES string of the molecule is Cc1cc(-c2ccc(S)cc2)cc(C)c1O.OC1CCC(S)CC1.OC1CCC(c2ccc(S)cc2)CC1.OCc1ccc(-c2ccc(S)cc2)cc1.Oc1ccc(-c2ccc(CS)cc2)cc1. The van der Waals surface area contributed by atoms with E-state index in [0.29, 0.717) is 22.7 Å². The van der Waals surface area contributed by atoms with Gasteiger partial charge in [0.2, 0.25) is 0 Å². The highest BCUT2D eigenvalue weighted by atomic mass is 32.1. The van der Waals surface area contributed by atoms with Gasteiger partial charge in [0.1, 0.15) is 11.5 Å². The summed E-state index contributed by atoms with van der Waals surface area (Å²) in [6.45, 7) is 3.92. The molecule has 0 amide bonds. The van der Waals surface area contributed by atoms with Crippen LogP contribution in [0.1, 0.15) is 85.1 Å². The van der Waals surface area contributed by atoms with E-state index >= 15 is 0 Å². The number of aromatic hydroxyl groups is 2. The van der Waals surface area contributed by atoms with Crippen LogP contribution in [0.25, 0.3) is 33.4 Å². The molecule has 68 heavy (non-hydrogen) atoms. The number of phenols is 2. The van der Waals surface area contributed by atoms with Crippen LogP contribution >= 0.6 is 63.1 Å². The highest BCUT2D eigenvalue weighted by molar-refractivity contribution is 7.81. The number of hydrogen-bond acceptors (Lipinski definition) is 10. The first-order valence-electron chi connectivity index (χ1n) is 23.1. The predicted octanol–water partition coefficient (Wildman–Crippen LogP) is 14.8. The number of benzene rings is 7. The normalized spacial score (nSPS) is 17.3. The summed E-state index contributed by atoms with van der Waals surface area (Å²) in [4.78, 5) is 2.94. The molecule has 2 fully saturated rings. The molecular formula is C58H66O5S5. The van der Waals surface area contributed by atoms with Crippen molar-refractivity contribution < 1.29 is 25.5 Å². The Morgan fingerprint density at radius 1 is 0.441 bits per heavy atom. The van der Waals surface area contributed by atoms with Crippen LogP contribution in [0.2, 0.25) is 0 Å². The topological polar surface area (TPSA) is 101 Å². The lowest BCUT2D eigenvalue weighted by Crippen LogP contribution is -2.17. The molecule has 5 nitrogen and oxygen atoms in total. The minimum absolute atomic E-state index is 0.0293. The van der Waals surface area contributed by atoms with Crippen molar-refractivity contribution in [2.75, 3.05) is 0 Å². The molecule has 7 aromatic carbocycles. The molecule has 0 unspecified atom stereocenters. The zero-order valence-electron chi connectivity index (χ0n) is 38.9. The lowest BCUT2D eigenvalue weighted by Gasteiger charge is -2.25. The van der Waals surface area contributed by atoms with Gasteiger partial charge in [-0.3, -0.25) is 0 Å². The maximum Gasteiger partial charge on any atom is 0.121 e. The fraction of sp³-hybridized carbons (Fsp3) is 0.276. The molecule has 5 N–H and O–H groups in total. The minimum atomic E-state index is -0.0598. The molecule has 9 rings (SSSR count). The third-order valence-electron chi connectivity index (χ3n) is 12.1. The number of hydrogen-bond donors (Lipinski definition) is 10. The summed E-state index contributed by atoms with van der Waals surface area (Å²) < 4.78 is 0. The number of aliphatic hydroxyl groups excluding tert-OH is 3. The third kappa shape index (κ3) is 18.3. The smallest absolute Gasteiger partial charge is 0.121 e. The van der Waals surface area contributed by atoms with Crippen molar-refractivity contribution in [3.63, 3.8) is 0 Å². The van der Waals surface area contributed by atoms with Crippen LogP contribution in [0.15, 0.2) is 172 Å². The summed E-state index contributed by atoms with van der Waals surface area (Å²) in [5.74, 6) is 2.09. The fourth-order valence-electron chi connectivity index (χ4n) is 7.90. The maximum atomic E-state index is 9.71. The van der Waals surface area contributed by atoms with Crippen LogP contribution in [0.3, 0.4) is 0 Å². The summed E-state index contributed by atoms with van der Waals surface area (Å²) in [6.07, 6.45) is 8.13. The summed E-state index contributed by atoms with van der Waals surface area (Å²) >= 11 is 21.3. The molecule has 0 aromatic heterocycles. The van der Waals surface area contributed by atoms with E-state index in [-0.39, 0.29) is 18.8 Å². The van der Waals surface area contributed by atoms with Crippen molar-refractivity contribution in [3.05, 3.63) is 186 Å². The van der Waals surface area contributed by atoms with Crippen LogP contribution in [0.5, 0.6) is 11.5 Å². The highest BCUT2D eigenvalue weighted by Crippen LogP contribution is 2.33. The Balaban J connectivity index is 0.000000161. The molecule has 0 bridgehead atoms. The number of aliphatic hydroxyl groups is 3. The van der Waals surface area contributed by atoms with Crippen LogP contribution in [0, 0.1) is 13.8 Å². The average molecular weight is 1000 g/mol. The van der Waals surface area contributed by atoms with Crippen molar-refractivity contribution in [1.82, 2.24) is 0 Å². The van der Waals surface area contributed by atoms with Gasteiger partial charge in [-0.1, -0.05) is 97.1 Å². The number of phenolic OH excluding ortho intramolecular Hbond substituents is 2. The Morgan fingerprint density at radius 3 is 1.16 bits per heavy atom. The van der Waals surface area contributed by atoms with Crippen molar-refractivity contribution in [2.24, 2.45) is 0 Å². The fourth-order valence-corrected chi connectivity index (χ4v) is 8.86. The second-order valence-electron chi connectivity index (χ2n) is 17.4. The van der Waals surface area contributed by atoms with Crippen LogP contribution in [-0.4, -0.2) is 43.0 Å². The van der Waals surface area contributed by atoms with Crippen LogP contribution in [0.4, 0.5) is 0 Å². The van der Waals surface area contributed by atoms with E-state index in [2.05, 4.69) is 99.5 Å². The summed E-state index contributed by atoms with van der Waals surface area (Å²) in [5, 5.41) is 46.8. The van der Waals surface area contributed by atoms with Gasteiger partial charge in [-0.15, -0.1) is 37.9 Å². The molecule has 0 radical (unpaired) electrons. The summed E-state index contributed by atoms with van der Waals surface area (Å²) in [6, 6.07) is 51.8. The molecule has 2 aliphatic rings. The average Bonchev–Trinajstić information content (AvgIpc) is 3.36. The zero-order chi connectivity index (χ0) is 49.0. The third-order valence-corrected chi connectivity index (χ3v) is 13.9. The van der Waals surface area contributed by atoms with Gasteiger partial charge in [0.15, 0.2) is 0 Å². The molecule has 0 atom stereocenters. The first-order valence-corrected chi connectivity index (χ1v) is 25.6. The van der Waals surface area contributed by atoms with Crippen molar-refractivity contribution in [1.29, 1.82) is 0 Å². The molecule has 0 saturated heterocycles. The van der Waals surface area contributed by atoms with Crippen molar-refractivity contribution in [3.8, 4) is 44.9 Å². The molecule has 10 heteroatoms. The van der Waals surface area contributed by atoms with E-state index in [9.17, 15) is 15.3 Å². The van der Waals surface area contributed by atoms with E-state index in [0.717, 1.165) is 122 Å². The van der Waals surface area contributed by atoms with E-state index < -0.39 is 0 Å². The predicted molar refractivity (Wildman–Crippen MR) is 300 cm³/mol. The highest BCUT2D eigenvalue weighted by Gasteiger charge is 2.20. The quantitative estimate of drug-likeness (QED) is 0.0765. The van der Waals surface area contributed by atoms with E-state index in [1.165, 1.54) is 11.1 Å². The Labute approximate surface area is 431 Å². The molecule has 2 saturated carbocycles. The molecule has 358 valence electrons. The van der Waals surface area contributed by atoms with Gasteiger partial charge in [0.05, 0.1) is 18.8 Å². The zero-order valence-corrected chi connectivity index (χ0v) is 43.3. The number of rotatable bonds is 6. The molecule has 0 spiro atoms. The van der Waals surface area contributed by atoms with Gasteiger partial charge >= 0.3 is 0 Å². The van der Waals surface area contributed by atoms with Gasteiger partial charge in [0.25, 0.3) is 0 Å². The lowest BCUT2D eigenvalue weighted by atomic mass is 9.83. The van der Waals surface area contributed by atoms with Gasteiger partial charge in [-0.2, -0.15) is 25.3 Å². The first-order chi connectivity index (χ1) is 32.7. The Kier molecular flexibility index (Phi) is 22.9. The molecule has 0 aliphatic heterocycles. The van der Waals surface area contributed by atoms with E-state index in [4.69, 9.17) is 10.2 Å². The Hall–Kier alpha value is -4.23. The monoisotopic (exact) mass is 1000 g/mol. The summed E-state index contributed by atoms with van der Waals surface area (Å²) in [7, 11) is 0. The molecule has 2 aliphatic carbocycles. The van der Waals surface area contributed by atoms with E-state index in [1.54, 1.807) is 12.1 Å². The standard InChI is InChI=1S/C14H14OS.2C13H12OS.C12H16OS.C6H12OS/c1-9-7-12(8-10(2)14(9)15)11-3-5-13(16)6-4-11;14-13-7-5-12(6-8-13)11-3-1-10(9-15)2-4-11;14-9-10-1-3-11(4-2-10)12-5-7-13(15)8-6-12;13-11-5-1-9(2-6-11)10-3-7-12(14)8-4-10;7-5-1-3-6(8)4-2-5/h3-8,15-16H,1-2H3;2*1-8,14-15H,9H2;3-4,7-9,11,13-14H,1-2,5-6H2;5-8H,1-4H2. The molecular weight excluding hydrogens is 937 g/mol. The molecule has 0 heterocycles. The second kappa shape index (κ2) is 28.4. The number of thiol groups is 5. The summed E-state index contributed by atoms with van der Waals surface area (Å²) in [5.41, 5.74) is 12.2. The first kappa shape index (κ1) is 54.7. The lowest BCUT2D eigenvalue weighted by molar-refractivity contribution is 0.122. The second-order valence-corrected chi connectivity index (χ2v) is 20.0. The minimum Gasteiger partial charge on any atom is -0.508 e. The van der Waals surface area contributed by atoms with Gasteiger partial charge < -0.3 is 25.5 Å². The Morgan fingerprint density at radius 2 is 0.779 bits per heavy atom. The van der Waals surface area contributed by atoms with Gasteiger partial charge in [0, 0.05) is 25.7 Å². The van der Waals surface area contributed by atoms with Crippen molar-refractivity contribution in [2.45, 2.75) is 116 Å². The van der Waals surface area contributed by atoms with E-state index in [1.807, 2.05) is 123 Å². The number of aryl methyl sites for hydroxylation is 2. The Bertz CT molecular complexity index is 2390. The van der Waals surface area contributed by atoms with Gasteiger partial charge in [-0.25, -0.2) is 0 Å². The van der Waals surface area contributed by atoms with Crippen molar-refractivity contribution >= 4 is 63.1 Å². The van der Waals surface area contributed by atoms with Crippen LogP contribution < -0.4 is 0 Å². The molecule has 7 aromatic rings. The van der Waals surface area contributed by atoms with Crippen LogP contribution in [-0.2, 0) is 12.4 Å².